The number of alkyl halides is 3. The molecule has 0 saturated carbocycles. The van der Waals surface area contributed by atoms with E-state index in [1.165, 1.54) is 22.5 Å². The van der Waals surface area contributed by atoms with Gasteiger partial charge in [0.15, 0.2) is 6.61 Å². The number of ether oxygens (including phenoxy) is 1. The molecule has 1 fully saturated rings. The number of halogens is 3. The van der Waals surface area contributed by atoms with Crippen molar-refractivity contribution in [2.45, 2.75) is 32.4 Å². The van der Waals surface area contributed by atoms with Gasteiger partial charge in [-0.05, 0) is 31.4 Å². The summed E-state index contributed by atoms with van der Waals surface area (Å²) in [5.41, 5.74) is 0.125. The van der Waals surface area contributed by atoms with Crippen LogP contribution in [0.15, 0.2) is 24.3 Å². The summed E-state index contributed by atoms with van der Waals surface area (Å²) < 4.78 is 67.6. The highest BCUT2D eigenvalue weighted by Crippen LogP contribution is 2.28. The predicted molar refractivity (Wildman–Crippen MR) is 95.0 cm³/mol. The lowest BCUT2D eigenvalue weighted by atomic mass is 9.98. The van der Waals surface area contributed by atoms with Crippen LogP contribution in [0.1, 0.15) is 26.2 Å². The van der Waals surface area contributed by atoms with Crippen molar-refractivity contribution in [2.75, 3.05) is 30.8 Å². The number of carbonyl (C=O) groups is 1. The van der Waals surface area contributed by atoms with Crippen LogP contribution in [0.5, 0.6) is 5.75 Å². The first-order chi connectivity index (χ1) is 12.6. The Balaban J connectivity index is 2.05. The summed E-state index contributed by atoms with van der Waals surface area (Å²) in [4.78, 5) is 12.5. The first kappa shape index (κ1) is 21.5. The molecule has 2 rings (SSSR count). The summed E-state index contributed by atoms with van der Waals surface area (Å²) in [6.45, 7) is 0.743. The zero-order chi connectivity index (χ0) is 20.1. The number of piperidine rings is 1. The topological polar surface area (TPSA) is 75.7 Å². The molecule has 152 valence electrons. The molecule has 0 radical (unpaired) electrons. The Hall–Kier alpha value is -1.81. The van der Waals surface area contributed by atoms with Gasteiger partial charge in [0.2, 0.25) is 15.9 Å². The summed E-state index contributed by atoms with van der Waals surface area (Å²) in [7, 11) is -3.40. The summed E-state index contributed by atoms with van der Waals surface area (Å²) in [6.07, 6.45) is -2.95. The minimum Gasteiger partial charge on any atom is -0.482 e. The molecule has 6 nitrogen and oxygen atoms in total. The van der Waals surface area contributed by atoms with Crippen LogP contribution in [0.4, 0.5) is 18.9 Å². The van der Waals surface area contributed by atoms with E-state index >= 15 is 0 Å². The summed E-state index contributed by atoms with van der Waals surface area (Å²) in [6, 6.07) is 5.84. The van der Waals surface area contributed by atoms with E-state index in [-0.39, 0.29) is 23.7 Å². The van der Waals surface area contributed by atoms with Crippen LogP contribution in [0.2, 0.25) is 0 Å². The molecule has 1 atom stereocenters. The standard InChI is InChI=1S/C17H23F3N2O4S/c1-2-10-27(24,25)22-9-5-6-13(11-22)16(23)21-14-7-3-4-8-15(14)26-12-17(18,19)20/h3-4,7-8,13H,2,5-6,9-12H2,1H3,(H,21,23). The van der Waals surface area contributed by atoms with Gasteiger partial charge in [-0.3, -0.25) is 4.79 Å². The van der Waals surface area contributed by atoms with Crippen molar-refractivity contribution in [2.24, 2.45) is 5.92 Å². The lowest BCUT2D eigenvalue weighted by Gasteiger charge is -2.31. The highest BCUT2D eigenvalue weighted by molar-refractivity contribution is 7.89. The van der Waals surface area contributed by atoms with Gasteiger partial charge < -0.3 is 10.1 Å². The van der Waals surface area contributed by atoms with Gasteiger partial charge >= 0.3 is 6.18 Å². The van der Waals surface area contributed by atoms with E-state index in [2.05, 4.69) is 5.32 Å². The zero-order valence-corrected chi connectivity index (χ0v) is 15.8. The lowest BCUT2D eigenvalue weighted by molar-refractivity contribution is -0.153. The fourth-order valence-electron chi connectivity index (χ4n) is 2.89. The molecule has 0 spiro atoms. The molecule has 1 heterocycles. The molecule has 0 bridgehead atoms. The number of hydrogen-bond acceptors (Lipinski definition) is 4. The molecule has 1 N–H and O–H groups in total. The van der Waals surface area contributed by atoms with Crippen LogP contribution >= 0.6 is 0 Å². The highest BCUT2D eigenvalue weighted by Gasteiger charge is 2.32. The van der Waals surface area contributed by atoms with E-state index < -0.39 is 34.6 Å². The van der Waals surface area contributed by atoms with Gasteiger partial charge in [-0.25, -0.2) is 12.7 Å². The molecule has 0 aliphatic carbocycles. The third-order valence-electron chi connectivity index (χ3n) is 4.15. The van der Waals surface area contributed by atoms with E-state index in [0.717, 1.165) is 0 Å². The van der Waals surface area contributed by atoms with Crippen molar-refractivity contribution in [1.82, 2.24) is 4.31 Å². The van der Waals surface area contributed by atoms with Gasteiger partial charge in [0.05, 0.1) is 17.4 Å². The zero-order valence-electron chi connectivity index (χ0n) is 15.0. The van der Waals surface area contributed by atoms with Gasteiger partial charge in [0.1, 0.15) is 5.75 Å². The second-order valence-electron chi connectivity index (χ2n) is 6.40. The molecule has 10 heteroatoms. The quantitative estimate of drug-likeness (QED) is 0.753. The average molecular weight is 408 g/mol. The number of nitrogens with one attached hydrogen (secondary N) is 1. The number of rotatable bonds is 7. The maximum Gasteiger partial charge on any atom is 0.422 e. The van der Waals surface area contributed by atoms with Crippen molar-refractivity contribution in [3.63, 3.8) is 0 Å². The lowest BCUT2D eigenvalue weighted by Crippen LogP contribution is -2.44. The van der Waals surface area contributed by atoms with Crippen molar-refractivity contribution in [3.05, 3.63) is 24.3 Å². The Bertz CT molecular complexity index is 753. The Morgan fingerprint density at radius 2 is 2.04 bits per heavy atom. The average Bonchev–Trinajstić information content (AvgIpc) is 2.60. The van der Waals surface area contributed by atoms with Gasteiger partial charge in [0, 0.05) is 13.1 Å². The Morgan fingerprint density at radius 1 is 1.33 bits per heavy atom. The minimum atomic E-state index is -4.49. The van der Waals surface area contributed by atoms with Gasteiger partial charge in [-0.2, -0.15) is 13.2 Å². The van der Waals surface area contributed by atoms with E-state index in [1.807, 2.05) is 0 Å². The Labute approximate surface area is 156 Å². The summed E-state index contributed by atoms with van der Waals surface area (Å²) in [5.74, 6) is -1.07. The van der Waals surface area contributed by atoms with Gasteiger partial charge in [-0.1, -0.05) is 19.1 Å². The first-order valence-corrected chi connectivity index (χ1v) is 10.3. The van der Waals surface area contributed by atoms with Crippen LogP contribution in [-0.2, 0) is 14.8 Å². The van der Waals surface area contributed by atoms with Crippen molar-refractivity contribution in [3.8, 4) is 5.75 Å². The fourth-order valence-corrected chi connectivity index (χ4v) is 4.47. The van der Waals surface area contributed by atoms with Crippen LogP contribution < -0.4 is 10.1 Å². The molecule has 0 aromatic heterocycles. The third-order valence-corrected chi connectivity index (χ3v) is 6.19. The number of sulfonamides is 1. The van der Waals surface area contributed by atoms with Crippen LogP contribution in [0.3, 0.4) is 0 Å². The van der Waals surface area contributed by atoms with Gasteiger partial charge in [0.25, 0.3) is 0 Å². The van der Waals surface area contributed by atoms with Gasteiger partial charge in [-0.15, -0.1) is 0 Å². The van der Waals surface area contributed by atoms with Crippen molar-refractivity contribution >= 4 is 21.6 Å². The number of benzene rings is 1. The SMILES string of the molecule is CCCS(=O)(=O)N1CCCC(C(=O)Nc2ccccc2OCC(F)(F)F)C1. The van der Waals surface area contributed by atoms with E-state index in [0.29, 0.717) is 25.8 Å². The second kappa shape index (κ2) is 8.92. The van der Waals surface area contributed by atoms with E-state index in [4.69, 9.17) is 4.74 Å². The number of nitrogens with zero attached hydrogens (tertiary/aromatic N) is 1. The Kier molecular flexibility index (Phi) is 7.10. The number of hydrogen-bond donors (Lipinski definition) is 1. The number of para-hydroxylation sites is 2. The number of amides is 1. The highest BCUT2D eigenvalue weighted by atomic mass is 32.2. The molecule has 1 unspecified atom stereocenters. The van der Waals surface area contributed by atoms with Crippen molar-refractivity contribution < 1.29 is 31.1 Å². The maximum absolute atomic E-state index is 12.5. The normalized spacial score (nSPS) is 18.9. The Morgan fingerprint density at radius 3 is 2.70 bits per heavy atom. The molecule has 1 aliphatic heterocycles. The second-order valence-corrected chi connectivity index (χ2v) is 8.49. The molecule has 27 heavy (non-hydrogen) atoms. The first-order valence-electron chi connectivity index (χ1n) is 8.69. The van der Waals surface area contributed by atoms with Crippen LogP contribution in [-0.4, -0.2) is 50.3 Å². The molecule has 1 aromatic carbocycles. The van der Waals surface area contributed by atoms with E-state index in [1.54, 1.807) is 13.0 Å². The molecule has 1 amide bonds. The largest absolute Gasteiger partial charge is 0.482 e. The number of carbonyl (C=O) groups excluding carboxylic acids is 1. The molecule has 1 saturated heterocycles. The number of anilines is 1. The third kappa shape index (κ3) is 6.39. The van der Waals surface area contributed by atoms with E-state index in [9.17, 15) is 26.4 Å². The fraction of sp³-hybridized carbons (Fsp3) is 0.588. The maximum atomic E-state index is 12.5. The minimum absolute atomic E-state index is 0.0233. The molecule has 1 aromatic rings. The molecular weight excluding hydrogens is 385 g/mol. The molecular formula is C17H23F3N2O4S. The molecule has 1 aliphatic rings. The van der Waals surface area contributed by atoms with Crippen molar-refractivity contribution in [1.29, 1.82) is 0 Å². The van der Waals surface area contributed by atoms with Crippen LogP contribution in [0.25, 0.3) is 0 Å². The summed E-state index contributed by atoms with van der Waals surface area (Å²) in [5, 5.41) is 2.57. The van der Waals surface area contributed by atoms with Crippen LogP contribution in [0, 0.1) is 5.92 Å². The monoisotopic (exact) mass is 408 g/mol. The predicted octanol–water partition coefficient (Wildman–Crippen LogP) is 3.02. The smallest absolute Gasteiger partial charge is 0.422 e. The summed E-state index contributed by atoms with van der Waals surface area (Å²) >= 11 is 0.